The molecule has 1 N–H and O–H groups in total. The quantitative estimate of drug-likeness (QED) is 0.603. The van der Waals surface area contributed by atoms with Crippen LogP contribution in [0.1, 0.15) is 15.9 Å². The lowest BCUT2D eigenvalue weighted by molar-refractivity contribution is -0.137. The predicted molar refractivity (Wildman–Crippen MR) is 103 cm³/mol. The van der Waals surface area contributed by atoms with Crippen molar-refractivity contribution in [2.24, 2.45) is 0 Å². The summed E-state index contributed by atoms with van der Waals surface area (Å²) in [5, 5.41) is 2.75. The van der Waals surface area contributed by atoms with E-state index in [2.05, 4.69) is 18.5 Å². The summed E-state index contributed by atoms with van der Waals surface area (Å²) in [6, 6.07) is 9.50. The Morgan fingerprint density at radius 1 is 1.11 bits per heavy atom. The van der Waals surface area contributed by atoms with Gasteiger partial charge in [-0.3, -0.25) is 4.79 Å². The Hall–Kier alpha value is -2.73. The minimum atomic E-state index is -4.54. The van der Waals surface area contributed by atoms with Crippen LogP contribution in [0.3, 0.4) is 0 Å². The number of halogens is 4. The molecule has 2 aromatic carbocycles. The van der Waals surface area contributed by atoms with Gasteiger partial charge >= 0.3 is 6.18 Å². The van der Waals surface area contributed by atoms with Gasteiger partial charge in [0.05, 0.1) is 27.5 Å². The van der Waals surface area contributed by atoms with Crippen molar-refractivity contribution in [3.63, 3.8) is 0 Å². The molecule has 0 aromatic heterocycles. The molecule has 7 heteroatoms. The predicted octanol–water partition coefficient (Wildman–Crippen LogP) is 5.79. The van der Waals surface area contributed by atoms with Gasteiger partial charge in [0.1, 0.15) is 0 Å². The molecule has 0 atom stereocenters. The molecule has 0 spiro atoms. The highest BCUT2D eigenvalue weighted by molar-refractivity contribution is 6.34. The molecule has 142 valence electrons. The molecule has 0 fully saturated rings. The van der Waals surface area contributed by atoms with Gasteiger partial charge in [0.15, 0.2) is 0 Å². The van der Waals surface area contributed by atoms with E-state index in [1.54, 1.807) is 29.2 Å². The summed E-state index contributed by atoms with van der Waals surface area (Å²) < 4.78 is 39.4. The van der Waals surface area contributed by atoms with E-state index in [-0.39, 0.29) is 16.3 Å². The standard InChI is InChI=1S/C20H18ClF3N2O/c1-3-11-26(12-4-2)18-10-9-14(20(22,23)24)13-17(18)25-19(27)15-7-5-6-8-16(15)21/h3-10,13H,1-2,11-12H2,(H,25,27). The molecule has 0 saturated carbocycles. The molecule has 0 unspecified atom stereocenters. The summed E-state index contributed by atoms with van der Waals surface area (Å²) in [5.41, 5.74) is -0.249. The second-order valence-corrected chi connectivity index (χ2v) is 6.05. The minimum Gasteiger partial charge on any atom is -0.362 e. The number of alkyl halides is 3. The molecular weight excluding hydrogens is 377 g/mol. The number of hydrogen-bond acceptors (Lipinski definition) is 2. The van der Waals surface area contributed by atoms with E-state index in [1.165, 1.54) is 18.2 Å². The van der Waals surface area contributed by atoms with E-state index in [1.807, 2.05) is 0 Å². The summed E-state index contributed by atoms with van der Waals surface area (Å²) in [7, 11) is 0. The van der Waals surface area contributed by atoms with Crippen LogP contribution in [0.2, 0.25) is 5.02 Å². The fraction of sp³-hybridized carbons (Fsp3) is 0.150. The van der Waals surface area contributed by atoms with Crippen LogP contribution in [0.5, 0.6) is 0 Å². The molecule has 0 aliphatic heterocycles. The zero-order valence-corrected chi connectivity index (χ0v) is 15.1. The van der Waals surface area contributed by atoms with Gasteiger partial charge < -0.3 is 10.2 Å². The monoisotopic (exact) mass is 394 g/mol. The average molecular weight is 395 g/mol. The Morgan fingerprint density at radius 2 is 1.74 bits per heavy atom. The fourth-order valence-electron chi connectivity index (χ4n) is 2.51. The van der Waals surface area contributed by atoms with Crippen molar-refractivity contribution in [2.75, 3.05) is 23.3 Å². The lowest BCUT2D eigenvalue weighted by atomic mass is 10.1. The van der Waals surface area contributed by atoms with Crippen LogP contribution in [-0.4, -0.2) is 19.0 Å². The highest BCUT2D eigenvalue weighted by atomic mass is 35.5. The molecule has 2 aromatic rings. The zero-order valence-electron chi connectivity index (χ0n) is 14.4. The molecule has 1 amide bonds. The topological polar surface area (TPSA) is 32.3 Å². The summed E-state index contributed by atoms with van der Waals surface area (Å²) >= 11 is 6.01. The molecule has 0 heterocycles. The van der Waals surface area contributed by atoms with Gasteiger partial charge in [-0.25, -0.2) is 0 Å². The molecule has 0 aliphatic rings. The van der Waals surface area contributed by atoms with Gasteiger partial charge in [-0.15, -0.1) is 13.2 Å². The van der Waals surface area contributed by atoms with E-state index in [9.17, 15) is 18.0 Å². The van der Waals surface area contributed by atoms with Crippen molar-refractivity contribution in [3.05, 3.63) is 83.9 Å². The SMILES string of the molecule is C=CCN(CC=C)c1ccc(C(F)(F)F)cc1NC(=O)c1ccccc1Cl. The largest absolute Gasteiger partial charge is 0.416 e. The molecule has 0 saturated heterocycles. The van der Waals surface area contributed by atoms with Gasteiger partial charge in [-0.1, -0.05) is 35.9 Å². The summed E-state index contributed by atoms with van der Waals surface area (Å²) in [4.78, 5) is 14.3. The number of rotatable bonds is 7. The molecule has 0 bridgehead atoms. The van der Waals surface area contributed by atoms with Gasteiger partial charge in [-0.2, -0.15) is 13.2 Å². The maximum atomic E-state index is 13.1. The first kappa shape index (κ1) is 20.6. The smallest absolute Gasteiger partial charge is 0.362 e. The molecule has 0 aliphatic carbocycles. The van der Waals surface area contributed by atoms with Crippen LogP contribution in [0.4, 0.5) is 24.5 Å². The van der Waals surface area contributed by atoms with Crippen molar-refractivity contribution < 1.29 is 18.0 Å². The second kappa shape index (κ2) is 8.77. The lowest BCUT2D eigenvalue weighted by Crippen LogP contribution is -2.25. The first-order valence-corrected chi connectivity index (χ1v) is 8.39. The highest BCUT2D eigenvalue weighted by Crippen LogP contribution is 2.36. The van der Waals surface area contributed by atoms with Crippen molar-refractivity contribution in [1.29, 1.82) is 0 Å². The summed E-state index contributed by atoms with van der Waals surface area (Å²) in [6.07, 6.45) is -1.31. The Kier molecular flexibility index (Phi) is 6.69. The van der Waals surface area contributed by atoms with Crippen LogP contribution in [0, 0.1) is 0 Å². The number of anilines is 2. The van der Waals surface area contributed by atoms with E-state index in [0.717, 1.165) is 12.1 Å². The van der Waals surface area contributed by atoms with Crippen molar-refractivity contribution in [3.8, 4) is 0 Å². The third kappa shape index (κ3) is 5.14. The first-order chi connectivity index (χ1) is 12.8. The molecule has 2 rings (SSSR count). The number of carbonyl (C=O) groups is 1. The van der Waals surface area contributed by atoms with Crippen LogP contribution >= 0.6 is 11.6 Å². The van der Waals surface area contributed by atoms with Crippen molar-refractivity contribution >= 4 is 28.9 Å². The third-order valence-corrected chi connectivity index (χ3v) is 4.06. The van der Waals surface area contributed by atoms with Crippen molar-refractivity contribution in [1.82, 2.24) is 0 Å². The Balaban J connectivity index is 2.49. The Labute approximate surface area is 160 Å². The van der Waals surface area contributed by atoms with E-state index >= 15 is 0 Å². The van der Waals surface area contributed by atoms with Crippen LogP contribution < -0.4 is 10.2 Å². The van der Waals surface area contributed by atoms with Crippen molar-refractivity contribution in [2.45, 2.75) is 6.18 Å². The van der Waals surface area contributed by atoms with Crippen LogP contribution in [-0.2, 0) is 6.18 Å². The lowest BCUT2D eigenvalue weighted by Gasteiger charge is -2.25. The average Bonchev–Trinajstić information content (AvgIpc) is 2.61. The molecular formula is C20H18ClF3N2O. The second-order valence-electron chi connectivity index (χ2n) is 5.65. The Bertz CT molecular complexity index is 839. The normalized spacial score (nSPS) is 11.0. The summed E-state index contributed by atoms with van der Waals surface area (Å²) in [6.45, 7) is 8.04. The van der Waals surface area contributed by atoms with E-state index in [4.69, 9.17) is 11.6 Å². The molecule has 27 heavy (non-hydrogen) atoms. The van der Waals surface area contributed by atoms with Gasteiger partial charge in [0.25, 0.3) is 5.91 Å². The number of nitrogens with one attached hydrogen (secondary N) is 1. The zero-order chi connectivity index (χ0) is 20.0. The fourth-order valence-corrected chi connectivity index (χ4v) is 2.73. The maximum absolute atomic E-state index is 13.1. The summed E-state index contributed by atoms with van der Waals surface area (Å²) in [5.74, 6) is -0.599. The van der Waals surface area contributed by atoms with Gasteiger partial charge in [0.2, 0.25) is 0 Å². The molecule has 3 nitrogen and oxygen atoms in total. The van der Waals surface area contributed by atoms with Crippen LogP contribution in [0.15, 0.2) is 67.8 Å². The number of carbonyl (C=O) groups excluding carboxylic acids is 1. The van der Waals surface area contributed by atoms with Crippen LogP contribution in [0.25, 0.3) is 0 Å². The van der Waals surface area contributed by atoms with E-state index in [0.29, 0.717) is 18.8 Å². The number of benzene rings is 2. The Morgan fingerprint density at radius 3 is 2.30 bits per heavy atom. The number of nitrogens with zero attached hydrogens (tertiary/aromatic N) is 1. The molecule has 0 radical (unpaired) electrons. The highest BCUT2D eigenvalue weighted by Gasteiger charge is 2.31. The number of hydrogen-bond donors (Lipinski definition) is 1. The minimum absolute atomic E-state index is 0.0263. The van der Waals surface area contributed by atoms with Gasteiger partial charge in [0, 0.05) is 13.1 Å². The maximum Gasteiger partial charge on any atom is 0.416 e. The van der Waals surface area contributed by atoms with E-state index < -0.39 is 17.6 Å². The first-order valence-electron chi connectivity index (χ1n) is 8.01. The number of amides is 1. The third-order valence-electron chi connectivity index (χ3n) is 3.73. The van der Waals surface area contributed by atoms with Gasteiger partial charge in [-0.05, 0) is 30.3 Å².